The lowest BCUT2D eigenvalue weighted by atomic mass is 9.87. The van der Waals surface area contributed by atoms with E-state index in [0.29, 0.717) is 29.3 Å². The number of ether oxygens (including phenoxy) is 1. The fourth-order valence-corrected chi connectivity index (χ4v) is 3.44. The van der Waals surface area contributed by atoms with Gasteiger partial charge in [-0.15, -0.1) is 12.4 Å². The van der Waals surface area contributed by atoms with E-state index >= 15 is 0 Å². The van der Waals surface area contributed by atoms with Gasteiger partial charge in [-0.05, 0) is 47.4 Å². The van der Waals surface area contributed by atoms with E-state index in [1.54, 1.807) is 36.2 Å². The Bertz CT molecular complexity index is 1000. The first kappa shape index (κ1) is 26.3. The number of amides is 2. The van der Waals surface area contributed by atoms with Crippen LogP contribution in [-0.2, 0) is 19.7 Å². The summed E-state index contributed by atoms with van der Waals surface area (Å²) < 4.78 is 5.47. The van der Waals surface area contributed by atoms with Crippen molar-refractivity contribution < 1.29 is 19.4 Å². The van der Waals surface area contributed by atoms with Gasteiger partial charge in [-0.2, -0.15) is 0 Å². The predicted molar refractivity (Wildman–Crippen MR) is 132 cm³/mol. The number of carbonyl (C=O) groups excluding carboxylic acids is 2. The van der Waals surface area contributed by atoms with Crippen molar-refractivity contribution in [2.45, 2.75) is 38.4 Å². The van der Waals surface area contributed by atoms with Crippen molar-refractivity contribution >= 4 is 41.4 Å². The van der Waals surface area contributed by atoms with Gasteiger partial charge in [-0.25, -0.2) is 0 Å². The molecule has 0 aliphatic carbocycles. The van der Waals surface area contributed by atoms with Crippen LogP contribution in [0.3, 0.4) is 0 Å². The maximum absolute atomic E-state index is 13.0. The van der Waals surface area contributed by atoms with Gasteiger partial charge in [-0.1, -0.05) is 32.9 Å². The second kappa shape index (κ2) is 10.8. The maximum Gasteiger partial charge on any atom is 0.259 e. The Morgan fingerprint density at radius 2 is 1.79 bits per heavy atom. The van der Waals surface area contributed by atoms with Crippen LogP contribution in [0.25, 0.3) is 0 Å². The van der Waals surface area contributed by atoms with E-state index in [1.807, 2.05) is 24.3 Å². The molecule has 178 valence electrons. The van der Waals surface area contributed by atoms with E-state index in [-0.39, 0.29) is 24.4 Å². The molecule has 0 aromatic heterocycles. The molecule has 0 bridgehead atoms. The average molecular weight is 475 g/mol. The first-order valence-electron chi connectivity index (χ1n) is 10.5. The highest BCUT2D eigenvalue weighted by Gasteiger charge is 2.39. The second-order valence-electron chi connectivity index (χ2n) is 8.70. The Labute approximate surface area is 200 Å². The lowest BCUT2D eigenvalue weighted by Crippen LogP contribution is -2.55. The minimum Gasteiger partial charge on any atom is -0.384 e. The van der Waals surface area contributed by atoms with Crippen molar-refractivity contribution in [2.75, 3.05) is 30.4 Å². The number of nitrogens with two attached hydrogens (primary N) is 1. The molecule has 1 aliphatic rings. The molecular formula is C24H31ClN4O4. The standard InChI is InChI=1S/C24H30N4O4.ClH/c1-24(2,3)16-7-11-18(12-8-16)28-13-14-32-20(23(28)31)19(29)22(30)27-17-9-5-15(6-10-17)21(25)26-4;/h5-12,19-20,29H,13-14H2,1-4H3,(H2,25,26)(H,27,30);1H/t19-,20-;/m1./s1. The highest BCUT2D eigenvalue weighted by atomic mass is 35.5. The molecule has 0 spiro atoms. The highest BCUT2D eigenvalue weighted by molar-refractivity contribution is 6.04. The highest BCUT2D eigenvalue weighted by Crippen LogP contribution is 2.26. The first-order chi connectivity index (χ1) is 15.1. The Balaban J connectivity index is 0.00000385. The second-order valence-corrected chi connectivity index (χ2v) is 8.70. The summed E-state index contributed by atoms with van der Waals surface area (Å²) in [6.07, 6.45) is -2.94. The van der Waals surface area contributed by atoms with Crippen LogP contribution in [0.5, 0.6) is 0 Å². The van der Waals surface area contributed by atoms with Gasteiger partial charge < -0.3 is 25.8 Å². The number of anilines is 2. The van der Waals surface area contributed by atoms with Crippen LogP contribution in [0.4, 0.5) is 11.4 Å². The van der Waals surface area contributed by atoms with E-state index in [4.69, 9.17) is 10.5 Å². The molecule has 0 saturated carbocycles. The van der Waals surface area contributed by atoms with E-state index in [0.717, 1.165) is 5.56 Å². The van der Waals surface area contributed by atoms with Gasteiger partial charge in [-0.3, -0.25) is 14.6 Å². The topological polar surface area (TPSA) is 117 Å². The molecule has 8 nitrogen and oxygen atoms in total. The number of rotatable bonds is 5. The quantitative estimate of drug-likeness (QED) is 0.454. The summed E-state index contributed by atoms with van der Waals surface area (Å²) in [7, 11) is 1.59. The Morgan fingerprint density at radius 1 is 1.18 bits per heavy atom. The van der Waals surface area contributed by atoms with Crippen LogP contribution in [0.1, 0.15) is 31.9 Å². The third kappa shape index (κ3) is 6.10. The van der Waals surface area contributed by atoms with Crippen molar-refractivity contribution in [2.24, 2.45) is 10.7 Å². The van der Waals surface area contributed by atoms with Crippen LogP contribution < -0.4 is 16.0 Å². The molecule has 2 aromatic carbocycles. The zero-order chi connectivity index (χ0) is 23.5. The molecule has 2 amide bonds. The van der Waals surface area contributed by atoms with E-state index in [9.17, 15) is 14.7 Å². The summed E-state index contributed by atoms with van der Waals surface area (Å²) in [5, 5.41) is 13.1. The first-order valence-corrected chi connectivity index (χ1v) is 10.5. The summed E-state index contributed by atoms with van der Waals surface area (Å²) in [6.45, 7) is 6.92. The number of nitrogens with one attached hydrogen (secondary N) is 1. The third-order valence-electron chi connectivity index (χ3n) is 5.41. The number of morpholine rings is 1. The minimum atomic E-state index is -1.65. The van der Waals surface area contributed by atoms with Gasteiger partial charge in [0, 0.05) is 30.5 Å². The smallest absolute Gasteiger partial charge is 0.259 e. The van der Waals surface area contributed by atoms with Crippen LogP contribution in [0, 0.1) is 0 Å². The summed E-state index contributed by atoms with van der Waals surface area (Å²) in [5.41, 5.74) is 8.78. The van der Waals surface area contributed by atoms with Crippen LogP contribution in [-0.4, -0.2) is 55.2 Å². The van der Waals surface area contributed by atoms with Gasteiger partial charge in [0.15, 0.2) is 12.2 Å². The number of aliphatic hydroxyl groups is 1. The molecule has 0 radical (unpaired) electrons. The van der Waals surface area contributed by atoms with Crippen molar-refractivity contribution in [3.8, 4) is 0 Å². The number of carbonyl (C=O) groups is 2. The molecule has 1 heterocycles. The summed E-state index contributed by atoms with van der Waals surface area (Å²) in [4.78, 5) is 31.0. The normalized spacial score (nSPS) is 17.8. The monoisotopic (exact) mass is 474 g/mol. The number of aliphatic imine (C=N–C) groups is 1. The van der Waals surface area contributed by atoms with Gasteiger partial charge in [0.2, 0.25) is 0 Å². The summed E-state index contributed by atoms with van der Waals surface area (Å²) in [6, 6.07) is 14.4. The molecule has 2 atom stereocenters. The largest absolute Gasteiger partial charge is 0.384 e. The average Bonchev–Trinajstić information content (AvgIpc) is 2.78. The van der Waals surface area contributed by atoms with E-state index in [1.165, 1.54) is 0 Å². The fraction of sp³-hybridized carbons (Fsp3) is 0.375. The fourth-order valence-electron chi connectivity index (χ4n) is 3.44. The maximum atomic E-state index is 13.0. The molecular weight excluding hydrogens is 444 g/mol. The zero-order valence-corrected chi connectivity index (χ0v) is 20.1. The molecule has 33 heavy (non-hydrogen) atoms. The Morgan fingerprint density at radius 3 is 2.33 bits per heavy atom. The summed E-state index contributed by atoms with van der Waals surface area (Å²) in [5.74, 6) is -0.803. The van der Waals surface area contributed by atoms with Crippen molar-refractivity contribution in [1.29, 1.82) is 0 Å². The van der Waals surface area contributed by atoms with Gasteiger partial charge in [0.05, 0.1) is 6.61 Å². The lowest BCUT2D eigenvalue weighted by Gasteiger charge is -2.34. The van der Waals surface area contributed by atoms with Gasteiger partial charge in [0.25, 0.3) is 11.8 Å². The number of benzene rings is 2. The Kier molecular flexibility index (Phi) is 8.60. The van der Waals surface area contributed by atoms with Crippen molar-refractivity contribution in [1.82, 2.24) is 0 Å². The van der Waals surface area contributed by atoms with Crippen molar-refractivity contribution in [3.05, 3.63) is 59.7 Å². The number of aliphatic hydroxyl groups excluding tert-OH is 1. The number of nitrogens with zero attached hydrogens (tertiary/aromatic N) is 2. The molecule has 0 unspecified atom stereocenters. The molecule has 9 heteroatoms. The minimum absolute atomic E-state index is 0. The SMILES string of the molecule is CN=C(N)c1ccc(NC(=O)[C@H](O)[C@H]2OCCN(c3ccc(C(C)(C)C)cc3)C2=O)cc1.Cl. The lowest BCUT2D eigenvalue weighted by molar-refractivity contribution is -0.150. The Hall–Kier alpha value is -2.94. The molecule has 4 N–H and O–H groups in total. The molecule has 1 aliphatic heterocycles. The number of hydrogen-bond donors (Lipinski definition) is 3. The van der Waals surface area contributed by atoms with E-state index in [2.05, 4.69) is 31.1 Å². The van der Waals surface area contributed by atoms with Crippen LogP contribution >= 0.6 is 12.4 Å². The number of amidine groups is 1. The molecule has 1 saturated heterocycles. The van der Waals surface area contributed by atoms with Gasteiger partial charge in [0.1, 0.15) is 5.84 Å². The molecule has 3 rings (SSSR count). The number of hydrogen-bond acceptors (Lipinski definition) is 5. The zero-order valence-electron chi connectivity index (χ0n) is 19.2. The van der Waals surface area contributed by atoms with Crippen molar-refractivity contribution in [3.63, 3.8) is 0 Å². The van der Waals surface area contributed by atoms with Crippen LogP contribution in [0.2, 0.25) is 0 Å². The summed E-state index contributed by atoms with van der Waals surface area (Å²) >= 11 is 0. The van der Waals surface area contributed by atoms with Gasteiger partial charge >= 0.3 is 0 Å². The molecule has 2 aromatic rings. The third-order valence-corrected chi connectivity index (χ3v) is 5.41. The van der Waals surface area contributed by atoms with E-state index < -0.39 is 24.0 Å². The molecule has 1 fully saturated rings. The number of halogens is 1. The predicted octanol–water partition coefficient (Wildman–Crippen LogP) is 2.47. The van der Waals surface area contributed by atoms with Crippen LogP contribution in [0.15, 0.2) is 53.5 Å².